The molecule has 0 fully saturated rings. The maximum Gasteiger partial charge on any atom is 0.355 e. The van der Waals surface area contributed by atoms with E-state index in [1.54, 1.807) is 36.4 Å². The summed E-state index contributed by atoms with van der Waals surface area (Å²) in [5.74, 6) is -0.973. The van der Waals surface area contributed by atoms with Gasteiger partial charge in [-0.1, -0.05) is 48.0 Å². The smallest absolute Gasteiger partial charge is 0.355 e. The summed E-state index contributed by atoms with van der Waals surface area (Å²) < 4.78 is 6.35. The third kappa shape index (κ3) is 5.92. The first-order valence-corrected chi connectivity index (χ1v) is 11.8. The van der Waals surface area contributed by atoms with Gasteiger partial charge in [-0.05, 0) is 54.4 Å². The number of hydrogen-bond acceptors (Lipinski definition) is 6. The Kier molecular flexibility index (Phi) is 7.54. The molecule has 0 spiro atoms. The molecule has 35 heavy (non-hydrogen) atoms. The average Bonchev–Trinajstić information content (AvgIpc) is 3.20. The van der Waals surface area contributed by atoms with Crippen molar-refractivity contribution in [2.24, 2.45) is 5.10 Å². The predicted molar refractivity (Wildman–Crippen MR) is 137 cm³/mol. The van der Waals surface area contributed by atoms with Gasteiger partial charge in [0.15, 0.2) is 0 Å². The largest absolute Gasteiger partial charge is 0.422 e. The molecule has 4 aromatic rings. The summed E-state index contributed by atoms with van der Waals surface area (Å²) in [4.78, 5) is 37.0. The molecular weight excluding hydrogens is 486 g/mol. The average molecular weight is 506 g/mol. The maximum atomic E-state index is 12.6. The predicted octanol–water partition coefficient (Wildman–Crippen LogP) is 4.96. The lowest BCUT2D eigenvalue weighted by Crippen LogP contribution is -2.35. The Labute approximate surface area is 210 Å². The zero-order chi connectivity index (χ0) is 24.8. The number of amides is 2. The van der Waals surface area contributed by atoms with Gasteiger partial charge in [0.2, 0.25) is 0 Å². The Morgan fingerprint density at radius 2 is 1.71 bits per heavy atom. The van der Waals surface area contributed by atoms with Gasteiger partial charge in [0.25, 0.3) is 11.8 Å². The SMILES string of the molecule is Cc1ccccc1C(=O)NCC(=O)N/N=C/c1ccc(OC(=O)c2sc3ccccc3c2Cl)cc1. The number of halogens is 1. The molecule has 1 heterocycles. The number of carbonyl (C=O) groups is 3. The molecule has 9 heteroatoms. The van der Waals surface area contributed by atoms with E-state index >= 15 is 0 Å². The molecule has 0 atom stereocenters. The number of rotatable bonds is 7. The zero-order valence-corrected chi connectivity index (χ0v) is 20.2. The molecule has 3 aromatic carbocycles. The van der Waals surface area contributed by atoms with Gasteiger partial charge in [0, 0.05) is 15.6 Å². The van der Waals surface area contributed by atoms with Gasteiger partial charge in [0.1, 0.15) is 10.6 Å². The quantitative estimate of drug-likeness (QED) is 0.160. The molecule has 0 aliphatic carbocycles. The summed E-state index contributed by atoms with van der Waals surface area (Å²) in [7, 11) is 0. The van der Waals surface area contributed by atoms with E-state index in [1.165, 1.54) is 17.6 Å². The van der Waals surface area contributed by atoms with Crippen LogP contribution in [0.5, 0.6) is 5.75 Å². The molecule has 0 saturated heterocycles. The van der Waals surface area contributed by atoms with Crippen molar-refractivity contribution in [1.29, 1.82) is 0 Å². The maximum absolute atomic E-state index is 12.6. The van der Waals surface area contributed by atoms with E-state index in [9.17, 15) is 14.4 Å². The van der Waals surface area contributed by atoms with Crippen molar-refractivity contribution < 1.29 is 19.1 Å². The lowest BCUT2D eigenvalue weighted by atomic mass is 10.1. The summed E-state index contributed by atoms with van der Waals surface area (Å²) in [5.41, 5.74) is 4.37. The number of nitrogens with one attached hydrogen (secondary N) is 2. The molecule has 0 bridgehead atoms. The topological polar surface area (TPSA) is 96.9 Å². The molecule has 0 aliphatic heterocycles. The van der Waals surface area contributed by atoms with Crippen molar-refractivity contribution in [2.75, 3.05) is 6.54 Å². The Morgan fingerprint density at radius 1 is 1.00 bits per heavy atom. The van der Waals surface area contributed by atoms with Crippen LogP contribution >= 0.6 is 22.9 Å². The third-order valence-corrected chi connectivity index (χ3v) is 6.67. The van der Waals surface area contributed by atoms with Crippen LogP contribution < -0.4 is 15.5 Å². The molecule has 0 unspecified atom stereocenters. The summed E-state index contributed by atoms with van der Waals surface area (Å²) in [5, 5.41) is 7.64. The van der Waals surface area contributed by atoms with E-state index in [4.69, 9.17) is 16.3 Å². The minimum atomic E-state index is -0.530. The molecule has 2 amide bonds. The Morgan fingerprint density at radius 3 is 2.46 bits per heavy atom. The van der Waals surface area contributed by atoms with Crippen molar-refractivity contribution >= 4 is 57.0 Å². The van der Waals surface area contributed by atoms with E-state index in [0.29, 0.717) is 26.8 Å². The summed E-state index contributed by atoms with van der Waals surface area (Å²) in [6.45, 7) is 1.62. The number of hydrogen-bond donors (Lipinski definition) is 2. The fourth-order valence-electron chi connectivity index (χ4n) is 3.22. The number of carbonyl (C=O) groups excluding carboxylic acids is 3. The van der Waals surface area contributed by atoms with Crippen LogP contribution in [0.15, 0.2) is 77.9 Å². The van der Waals surface area contributed by atoms with E-state index in [2.05, 4.69) is 15.8 Å². The van der Waals surface area contributed by atoms with Gasteiger partial charge < -0.3 is 10.1 Å². The number of hydrazone groups is 1. The van der Waals surface area contributed by atoms with Crippen LogP contribution in [-0.4, -0.2) is 30.5 Å². The lowest BCUT2D eigenvalue weighted by Gasteiger charge is -2.06. The number of fused-ring (bicyclic) bond motifs is 1. The first-order valence-electron chi connectivity index (χ1n) is 10.6. The molecule has 0 aliphatic rings. The monoisotopic (exact) mass is 505 g/mol. The van der Waals surface area contributed by atoms with Crippen molar-refractivity contribution in [3.05, 3.63) is 99.4 Å². The minimum Gasteiger partial charge on any atom is -0.422 e. The van der Waals surface area contributed by atoms with Crippen LogP contribution in [0.4, 0.5) is 0 Å². The number of ether oxygens (including phenoxy) is 1. The van der Waals surface area contributed by atoms with Gasteiger partial charge >= 0.3 is 5.97 Å². The molecule has 0 radical (unpaired) electrons. The Hall–Kier alpha value is -4.01. The van der Waals surface area contributed by atoms with Crippen molar-refractivity contribution in [2.45, 2.75) is 6.92 Å². The molecule has 4 rings (SSSR count). The minimum absolute atomic E-state index is 0.209. The van der Waals surface area contributed by atoms with E-state index in [0.717, 1.165) is 15.6 Å². The molecule has 1 aromatic heterocycles. The number of esters is 1. The van der Waals surface area contributed by atoms with Crippen LogP contribution in [0, 0.1) is 6.92 Å². The van der Waals surface area contributed by atoms with Crippen LogP contribution in [0.1, 0.15) is 31.2 Å². The van der Waals surface area contributed by atoms with Gasteiger partial charge in [-0.25, -0.2) is 10.2 Å². The highest BCUT2D eigenvalue weighted by Gasteiger charge is 2.19. The second-order valence-electron chi connectivity index (χ2n) is 7.49. The first-order chi connectivity index (χ1) is 16.9. The first kappa shape index (κ1) is 24.1. The molecule has 0 saturated carbocycles. The van der Waals surface area contributed by atoms with Crippen LogP contribution in [-0.2, 0) is 4.79 Å². The highest BCUT2D eigenvalue weighted by Crippen LogP contribution is 2.35. The van der Waals surface area contributed by atoms with Gasteiger partial charge in [0.05, 0.1) is 17.8 Å². The van der Waals surface area contributed by atoms with Crippen LogP contribution in [0.25, 0.3) is 10.1 Å². The normalized spacial score (nSPS) is 10.9. The number of thiophene rings is 1. The Bertz CT molecular complexity index is 1430. The number of benzene rings is 3. The molecular formula is C26H20ClN3O4S. The van der Waals surface area contributed by atoms with E-state index in [-0.39, 0.29) is 12.5 Å². The summed E-state index contributed by atoms with van der Waals surface area (Å²) in [6.07, 6.45) is 1.44. The highest BCUT2D eigenvalue weighted by atomic mass is 35.5. The summed E-state index contributed by atoms with van der Waals surface area (Å²) in [6, 6.07) is 21.2. The fraction of sp³-hybridized carbons (Fsp3) is 0.0769. The molecule has 2 N–H and O–H groups in total. The highest BCUT2D eigenvalue weighted by molar-refractivity contribution is 7.21. The fourth-order valence-corrected chi connectivity index (χ4v) is 4.61. The van der Waals surface area contributed by atoms with Crippen LogP contribution in [0.2, 0.25) is 5.02 Å². The van der Waals surface area contributed by atoms with Crippen LogP contribution in [0.3, 0.4) is 0 Å². The second-order valence-corrected chi connectivity index (χ2v) is 8.92. The van der Waals surface area contributed by atoms with Gasteiger partial charge in [-0.15, -0.1) is 11.3 Å². The van der Waals surface area contributed by atoms with Crippen molar-refractivity contribution in [1.82, 2.24) is 10.7 Å². The number of nitrogens with zero attached hydrogens (tertiary/aromatic N) is 1. The number of aryl methyl sites for hydroxylation is 1. The van der Waals surface area contributed by atoms with E-state index in [1.807, 2.05) is 43.3 Å². The Balaban J connectivity index is 1.27. The molecule has 176 valence electrons. The zero-order valence-electron chi connectivity index (χ0n) is 18.6. The van der Waals surface area contributed by atoms with Gasteiger partial charge in [-0.3, -0.25) is 9.59 Å². The van der Waals surface area contributed by atoms with E-state index < -0.39 is 11.9 Å². The third-order valence-electron chi connectivity index (χ3n) is 5.01. The van der Waals surface area contributed by atoms with Gasteiger partial charge in [-0.2, -0.15) is 5.10 Å². The standard InChI is InChI=1S/C26H20ClN3O4S/c1-16-6-2-3-7-19(16)25(32)28-15-22(31)30-29-14-17-10-12-18(13-11-17)34-26(33)24-23(27)20-8-4-5-9-21(20)35-24/h2-14H,15H2,1H3,(H,28,32)(H,30,31)/b29-14+. The molecule has 7 nitrogen and oxygen atoms in total. The van der Waals surface area contributed by atoms with Crippen molar-refractivity contribution in [3.8, 4) is 5.75 Å². The second kappa shape index (κ2) is 10.9. The lowest BCUT2D eigenvalue weighted by molar-refractivity contribution is -0.120. The van der Waals surface area contributed by atoms with Crippen molar-refractivity contribution in [3.63, 3.8) is 0 Å². The summed E-state index contributed by atoms with van der Waals surface area (Å²) >= 11 is 7.62.